The minimum Gasteiger partial charge on any atom is -0.380 e. The van der Waals surface area contributed by atoms with Crippen LogP contribution in [0.25, 0.3) is 0 Å². The average molecular weight is 203 g/mol. The summed E-state index contributed by atoms with van der Waals surface area (Å²) >= 11 is 0. The van der Waals surface area contributed by atoms with E-state index in [2.05, 4.69) is 31.2 Å². The first-order chi connectivity index (χ1) is 6.46. The molecule has 0 fully saturated rings. The summed E-state index contributed by atoms with van der Waals surface area (Å²) in [5, 5.41) is 3.44. The van der Waals surface area contributed by atoms with Crippen molar-refractivity contribution in [2.75, 3.05) is 40.8 Å². The van der Waals surface area contributed by atoms with Gasteiger partial charge in [-0.15, -0.1) is 0 Å². The normalized spacial score (nSPS) is 18.2. The van der Waals surface area contributed by atoms with E-state index in [0.717, 1.165) is 13.1 Å². The van der Waals surface area contributed by atoms with Crippen LogP contribution in [0.4, 0.5) is 0 Å². The highest BCUT2D eigenvalue weighted by Gasteiger charge is 2.28. The van der Waals surface area contributed by atoms with Crippen LogP contribution in [0.5, 0.6) is 0 Å². The first-order valence-corrected chi connectivity index (χ1v) is 5.09. The molecular formula is C10H25N3O. The average Bonchev–Trinajstić information content (AvgIpc) is 2.15. The van der Waals surface area contributed by atoms with Crippen LogP contribution in [0, 0.1) is 0 Å². The van der Waals surface area contributed by atoms with Gasteiger partial charge in [-0.3, -0.25) is 0 Å². The molecule has 0 saturated heterocycles. The van der Waals surface area contributed by atoms with Crippen molar-refractivity contribution in [1.82, 2.24) is 10.2 Å². The van der Waals surface area contributed by atoms with E-state index in [1.54, 1.807) is 7.11 Å². The molecule has 4 heteroatoms. The largest absolute Gasteiger partial charge is 0.380 e. The van der Waals surface area contributed by atoms with E-state index in [9.17, 15) is 0 Å². The summed E-state index contributed by atoms with van der Waals surface area (Å²) in [6, 6.07) is 0. The topological polar surface area (TPSA) is 50.5 Å². The van der Waals surface area contributed by atoms with Crippen LogP contribution in [0.15, 0.2) is 0 Å². The predicted molar refractivity (Wildman–Crippen MR) is 60.5 cm³/mol. The molecule has 14 heavy (non-hydrogen) atoms. The first-order valence-electron chi connectivity index (χ1n) is 5.09. The molecule has 2 unspecified atom stereocenters. The van der Waals surface area contributed by atoms with Gasteiger partial charge in [-0.25, -0.2) is 0 Å². The van der Waals surface area contributed by atoms with Crippen molar-refractivity contribution in [3.8, 4) is 0 Å². The number of hydrogen-bond donors (Lipinski definition) is 2. The Hall–Kier alpha value is -0.160. The minimum absolute atomic E-state index is 0.120. The summed E-state index contributed by atoms with van der Waals surface area (Å²) in [5.74, 6) is 0. The number of nitrogens with zero attached hydrogens (tertiary/aromatic N) is 1. The zero-order valence-corrected chi connectivity index (χ0v) is 10.1. The number of rotatable bonds is 7. The summed E-state index contributed by atoms with van der Waals surface area (Å²) in [6.07, 6.45) is 0.120. The van der Waals surface area contributed by atoms with Gasteiger partial charge in [0, 0.05) is 26.7 Å². The summed E-state index contributed by atoms with van der Waals surface area (Å²) < 4.78 is 5.31. The molecule has 0 rings (SSSR count). The third-order valence-electron chi connectivity index (χ3n) is 2.76. The van der Waals surface area contributed by atoms with Gasteiger partial charge in [0.25, 0.3) is 0 Å². The summed E-state index contributed by atoms with van der Waals surface area (Å²) in [6.45, 7) is 6.64. The van der Waals surface area contributed by atoms with Crippen LogP contribution >= 0.6 is 0 Å². The molecular weight excluding hydrogens is 178 g/mol. The van der Waals surface area contributed by atoms with Crippen molar-refractivity contribution in [2.45, 2.75) is 25.5 Å². The Bertz CT molecular complexity index is 152. The summed E-state index contributed by atoms with van der Waals surface area (Å²) in [5.41, 5.74) is 5.61. The fourth-order valence-corrected chi connectivity index (χ4v) is 1.21. The minimum atomic E-state index is -0.134. The fourth-order valence-electron chi connectivity index (χ4n) is 1.21. The fraction of sp³-hybridized carbons (Fsp3) is 1.00. The highest BCUT2D eigenvalue weighted by Crippen LogP contribution is 2.10. The summed E-state index contributed by atoms with van der Waals surface area (Å²) in [7, 11) is 5.83. The second-order valence-electron chi connectivity index (χ2n) is 4.23. The maximum atomic E-state index is 5.74. The number of ether oxygens (including phenoxy) is 1. The van der Waals surface area contributed by atoms with Crippen LogP contribution in [-0.2, 0) is 4.74 Å². The molecule has 0 aromatic rings. The third kappa shape index (κ3) is 4.37. The van der Waals surface area contributed by atoms with Crippen LogP contribution in [0.1, 0.15) is 13.8 Å². The molecule has 0 saturated carbocycles. The Labute approximate surface area is 87.8 Å². The lowest BCUT2D eigenvalue weighted by atomic mass is 9.96. The van der Waals surface area contributed by atoms with Gasteiger partial charge in [0.05, 0.1) is 11.6 Å². The molecule has 0 spiro atoms. The third-order valence-corrected chi connectivity index (χ3v) is 2.76. The Morgan fingerprint density at radius 2 is 2.07 bits per heavy atom. The van der Waals surface area contributed by atoms with E-state index in [1.807, 2.05) is 6.92 Å². The van der Waals surface area contributed by atoms with Crippen molar-refractivity contribution >= 4 is 0 Å². The molecule has 4 nitrogen and oxygen atoms in total. The van der Waals surface area contributed by atoms with Crippen LogP contribution in [-0.4, -0.2) is 57.4 Å². The monoisotopic (exact) mass is 203 g/mol. The zero-order valence-electron chi connectivity index (χ0n) is 10.1. The highest BCUT2D eigenvalue weighted by atomic mass is 16.5. The molecule has 2 atom stereocenters. The van der Waals surface area contributed by atoms with E-state index in [1.165, 1.54) is 0 Å². The maximum absolute atomic E-state index is 5.74. The number of likely N-dealkylation sites (N-methyl/N-ethyl adjacent to an activating group) is 1. The number of hydrogen-bond acceptors (Lipinski definition) is 4. The Morgan fingerprint density at radius 1 is 1.50 bits per heavy atom. The van der Waals surface area contributed by atoms with Gasteiger partial charge in [-0.05, 0) is 27.9 Å². The molecule has 0 aliphatic rings. The predicted octanol–water partition coefficient (Wildman–Crippen LogP) is -0.110. The second-order valence-corrected chi connectivity index (χ2v) is 4.23. The maximum Gasteiger partial charge on any atom is 0.0734 e. The van der Waals surface area contributed by atoms with Gasteiger partial charge < -0.3 is 20.7 Å². The van der Waals surface area contributed by atoms with E-state index in [0.29, 0.717) is 6.54 Å². The molecule has 0 aliphatic carbocycles. The second kappa shape index (κ2) is 6.35. The van der Waals surface area contributed by atoms with Gasteiger partial charge >= 0.3 is 0 Å². The molecule has 86 valence electrons. The Balaban J connectivity index is 3.99. The van der Waals surface area contributed by atoms with Crippen molar-refractivity contribution in [2.24, 2.45) is 5.73 Å². The smallest absolute Gasteiger partial charge is 0.0734 e. The quantitative estimate of drug-likeness (QED) is 0.606. The van der Waals surface area contributed by atoms with Crippen molar-refractivity contribution in [3.05, 3.63) is 0 Å². The van der Waals surface area contributed by atoms with Gasteiger partial charge in [0.15, 0.2) is 0 Å². The Morgan fingerprint density at radius 3 is 2.43 bits per heavy atom. The van der Waals surface area contributed by atoms with Gasteiger partial charge in [-0.1, -0.05) is 0 Å². The molecule has 3 N–H and O–H groups in total. The lowest BCUT2D eigenvalue weighted by Gasteiger charge is -2.35. The van der Waals surface area contributed by atoms with Gasteiger partial charge in [0.2, 0.25) is 0 Å². The molecule has 0 amide bonds. The molecule has 0 bridgehead atoms. The van der Waals surface area contributed by atoms with Crippen LogP contribution < -0.4 is 11.1 Å². The molecule has 0 heterocycles. The number of nitrogens with one attached hydrogen (secondary N) is 1. The molecule has 0 aromatic carbocycles. The number of nitrogens with two attached hydrogens (primary N) is 1. The first kappa shape index (κ1) is 13.8. The van der Waals surface area contributed by atoms with E-state index >= 15 is 0 Å². The molecule has 0 radical (unpaired) electrons. The van der Waals surface area contributed by atoms with Crippen molar-refractivity contribution in [3.63, 3.8) is 0 Å². The van der Waals surface area contributed by atoms with Crippen LogP contribution in [0.2, 0.25) is 0 Å². The van der Waals surface area contributed by atoms with E-state index in [4.69, 9.17) is 10.5 Å². The van der Waals surface area contributed by atoms with Gasteiger partial charge in [-0.2, -0.15) is 0 Å². The Kier molecular flexibility index (Phi) is 6.27. The van der Waals surface area contributed by atoms with Gasteiger partial charge in [0.1, 0.15) is 0 Å². The van der Waals surface area contributed by atoms with Crippen molar-refractivity contribution < 1.29 is 4.74 Å². The molecule has 0 aliphatic heterocycles. The SMILES string of the molecule is COC(C)C(C)(CN)NCCN(C)C. The van der Waals surface area contributed by atoms with Crippen molar-refractivity contribution in [1.29, 1.82) is 0 Å². The number of methoxy groups -OCH3 is 1. The standard InChI is InChI=1S/C10H25N3O/c1-9(14-5)10(2,8-11)12-6-7-13(3)4/h9,12H,6-8,11H2,1-5H3. The van der Waals surface area contributed by atoms with Crippen LogP contribution in [0.3, 0.4) is 0 Å². The molecule has 0 aromatic heterocycles. The van der Waals surface area contributed by atoms with E-state index < -0.39 is 0 Å². The lowest BCUT2D eigenvalue weighted by molar-refractivity contribution is 0.0414. The highest BCUT2D eigenvalue weighted by molar-refractivity contribution is 4.90. The lowest BCUT2D eigenvalue weighted by Crippen LogP contribution is -2.57. The zero-order chi connectivity index (χ0) is 11.2. The van der Waals surface area contributed by atoms with E-state index in [-0.39, 0.29) is 11.6 Å². The summed E-state index contributed by atoms with van der Waals surface area (Å²) in [4.78, 5) is 2.14.